The van der Waals surface area contributed by atoms with E-state index in [9.17, 15) is 0 Å². The Kier molecular flexibility index (Phi) is 7.02. The van der Waals surface area contributed by atoms with E-state index >= 15 is 0 Å². The Labute approximate surface area is 210 Å². The molecular weight excluding hydrogens is 460 g/mol. The first kappa shape index (κ1) is 23.1. The third kappa shape index (κ3) is 5.05. The maximum Gasteiger partial charge on any atom is 0.164 e. The average molecular weight is 491 g/mol. The summed E-state index contributed by atoms with van der Waals surface area (Å²) in [5, 5.41) is 8.83. The minimum absolute atomic E-state index is 0.00844. The van der Waals surface area contributed by atoms with Gasteiger partial charge in [-0.15, -0.1) is 11.3 Å². The van der Waals surface area contributed by atoms with Crippen LogP contribution < -0.4 is 0 Å². The highest BCUT2D eigenvalue weighted by molar-refractivity contribution is 8.13. The van der Waals surface area contributed by atoms with Crippen LogP contribution in [0.4, 0.5) is 5.69 Å². The molecule has 0 bridgehead atoms. The second kappa shape index (κ2) is 10.3. The van der Waals surface area contributed by atoms with Gasteiger partial charge in [0.15, 0.2) is 11.3 Å². The fraction of sp³-hybridized carbons (Fsp3) is 0.370. The van der Waals surface area contributed by atoms with E-state index in [4.69, 9.17) is 14.8 Å². The molecule has 0 spiro atoms. The molecule has 1 unspecified atom stereocenters. The first-order valence-corrected chi connectivity index (χ1v) is 13.9. The van der Waals surface area contributed by atoms with Crippen LogP contribution in [0.3, 0.4) is 0 Å². The summed E-state index contributed by atoms with van der Waals surface area (Å²) < 4.78 is 0. The highest BCUT2D eigenvalue weighted by Crippen LogP contribution is 2.34. The lowest BCUT2D eigenvalue weighted by atomic mass is 9.98. The highest BCUT2D eigenvalue weighted by Gasteiger charge is 2.28. The molecule has 5 nitrogen and oxygen atoms in total. The molecule has 2 aromatic carbocycles. The molecule has 2 aliphatic heterocycles. The smallest absolute Gasteiger partial charge is 0.164 e. The topological polar surface area (TPSA) is 50.1 Å². The van der Waals surface area contributed by atoms with Crippen molar-refractivity contribution < 1.29 is 4.84 Å². The first-order valence-electron chi connectivity index (χ1n) is 11.8. The monoisotopic (exact) mass is 490 g/mol. The van der Waals surface area contributed by atoms with Gasteiger partial charge in [0.2, 0.25) is 0 Å². The van der Waals surface area contributed by atoms with E-state index in [1.165, 1.54) is 16.1 Å². The lowest BCUT2D eigenvalue weighted by Crippen LogP contribution is -2.36. The van der Waals surface area contributed by atoms with Crippen LogP contribution in [0.2, 0.25) is 0 Å². The third-order valence-corrected chi connectivity index (χ3v) is 8.26. The van der Waals surface area contributed by atoms with Gasteiger partial charge in [0.25, 0.3) is 0 Å². The van der Waals surface area contributed by atoms with Gasteiger partial charge >= 0.3 is 0 Å². The molecule has 7 heteroatoms. The summed E-state index contributed by atoms with van der Waals surface area (Å²) in [6.07, 6.45) is 5.07. The van der Waals surface area contributed by atoms with Crippen molar-refractivity contribution >= 4 is 39.7 Å². The lowest BCUT2D eigenvalue weighted by molar-refractivity contribution is 0.0857. The Morgan fingerprint density at radius 3 is 2.68 bits per heavy atom. The van der Waals surface area contributed by atoms with Crippen molar-refractivity contribution in [3.8, 4) is 0 Å². The summed E-state index contributed by atoms with van der Waals surface area (Å²) in [5.41, 5.74) is 6.63. The number of aryl methyl sites for hydroxylation is 2. The van der Waals surface area contributed by atoms with Gasteiger partial charge in [-0.1, -0.05) is 59.4 Å². The molecule has 3 aromatic rings. The number of rotatable bonds is 4. The van der Waals surface area contributed by atoms with Crippen LogP contribution in [0.15, 0.2) is 64.1 Å². The number of nitrogens with zero attached hydrogens (tertiary/aromatic N) is 4. The van der Waals surface area contributed by atoms with Crippen molar-refractivity contribution in [1.82, 2.24) is 9.88 Å². The molecule has 1 fully saturated rings. The molecule has 0 radical (unpaired) electrons. The number of piperidine rings is 1. The number of thiazole rings is 1. The number of aliphatic imine (C=N–C) groups is 1. The maximum atomic E-state index is 5.71. The van der Waals surface area contributed by atoms with Crippen LogP contribution in [0.1, 0.15) is 58.7 Å². The normalized spacial score (nSPS) is 19.3. The lowest BCUT2D eigenvalue weighted by Gasteiger charge is -2.32. The molecule has 3 heterocycles. The zero-order valence-electron chi connectivity index (χ0n) is 19.9. The van der Waals surface area contributed by atoms with Crippen molar-refractivity contribution in [3.63, 3.8) is 0 Å². The molecular formula is C27H30N4OS2. The minimum Gasteiger partial charge on any atom is -0.387 e. The van der Waals surface area contributed by atoms with Gasteiger partial charge < -0.3 is 9.74 Å². The van der Waals surface area contributed by atoms with Gasteiger partial charge in [-0.05, 0) is 55.7 Å². The molecule has 2 aliphatic rings. The number of oxime groups is 1. The summed E-state index contributed by atoms with van der Waals surface area (Å²) in [4.78, 5) is 18.1. The van der Waals surface area contributed by atoms with E-state index in [0.717, 1.165) is 60.2 Å². The second-order valence-corrected chi connectivity index (χ2v) is 10.6. The van der Waals surface area contributed by atoms with Gasteiger partial charge in [-0.3, -0.25) is 0 Å². The van der Waals surface area contributed by atoms with Crippen LogP contribution in [-0.4, -0.2) is 40.1 Å². The average Bonchev–Trinajstić information content (AvgIpc) is 3.55. The fourth-order valence-corrected chi connectivity index (χ4v) is 6.12. The number of hydrogen-bond donors (Lipinski definition) is 0. The Balaban J connectivity index is 1.21. The molecule has 0 saturated carbocycles. The van der Waals surface area contributed by atoms with E-state index in [2.05, 4.69) is 65.9 Å². The van der Waals surface area contributed by atoms with Crippen LogP contribution >= 0.6 is 23.1 Å². The Bertz CT molecular complexity index is 1200. The summed E-state index contributed by atoms with van der Waals surface area (Å²) >= 11 is 3.50. The SMILES string of the molecule is CSC(=Nc1cc(C)ccc1C)N1CCC(c2nc(C3=NOC(c4ccccc4)C3)cs2)CC1. The number of benzene rings is 2. The van der Waals surface area contributed by atoms with Gasteiger partial charge in [0, 0.05) is 30.8 Å². The molecule has 0 N–H and O–H groups in total. The molecule has 34 heavy (non-hydrogen) atoms. The molecule has 1 atom stereocenters. The molecule has 1 saturated heterocycles. The van der Waals surface area contributed by atoms with Crippen LogP contribution in [-0.2, 0) is 4.84 Å². The molecule has 1 aromatic heterocycles. The molecule has 5 rings (SSSR count). The summed E-state index contributed by atoms with van der Waals surface area (Å²) in [5.74, 6) is 0.492. The highest BCUT2D eigenvalue weighted by atomic mass is 32.2. The summed E-state index contributed by atoms with van der Waals surface area (Å²) in [7, 11) is 0. The van der Waals surface area contributed by atoms with E-state index < -0.39 is 0 Å². The predicted octanol–water partition coefficient (Wildman–Crippen LogP) is 6.86. The molecule has 176 valence electrons. The second-order valence-electron chi connectivity index (χ2n) is 8.97. The van der Waals surface area contributed by atoms with Gasteiger partial charge in [-0.2, -0.15) is 0 Å². The van der Waals surface area contributed by atoms with Crippen molar-refractivity contribution in [2.75, 3.05) is 19.3 Å². The van der Waals surface area contributed by atoms with Crippen molar-refractivity contribution in [3.05, 3.63) is 81.3 Å². The third-order valence-electron chi connectivity index (χ3n) is 6.54. The van der Waals surface area contributed by atoms with E-state index in [0.29, 0.717) is 5.92 Å². The van der Waals surface area contributed by atoms with Gasteiger partial charge in [-0.25, -0.2) is 9.98 Å². The van der Waals surface area contributed by atoms with Gasteiger partial charge in [0.05, 0.1) is 16.4 Å². The first-order chi connectivity index (χ1) is 16.6. The van der Waals surface area contributed by atoms with Gasteiger partial charge in [0.1, 0.15) is 5.71 Å². The minimum atomic E-state index is -0.00844. The number of thioether (sulfide) groups is 1. The van der Waals surface area contributed by atoms with Crippen LogP contribution in [0, 0.1) is 13.8 Å². The Hall–Kier alpha value is -2.64. The van der Waals surface area contributed by atoms with E-state index in [1.54, 1.807) is 23.1 Å². The van der Waals surface area contributed by atoms with Crippen molar-refractivity contribution in [2.45, 2.75) is 45.1 Å². The predicted molar refractivity (Wildman–Crippen MR) is 144 cm³/mol. The largest absolute Gasteiger partial charge is 0.387 e. The Morgan fingerprint density at radius 2 is 1.91 bits per heavy atom. The quantitative estimate of drug-likeness (QED) is 0.296. The standard InChI is InChI=1S/C27H30N4OS2/c1-18-9-10-19(2)22(15-18)29-27(33-3)31-13-11-21(12-14-31)26-28-24(17-34-26)23-16-25(32-30-23)20-7-5-4-6-8-20/h4-10,15,17,21,25H,11-14,16H2,1-3H3. The zero-order valence-corrected chi connectivity index (χ0v) is 21.5. The summed E-state index contributed by atoms with van der Waals surface area (Å²) in [6, 6.07) is 16.8. The molecule has 0 aliphatic carbocycles. The van der Waals surface area contributed by atoms with Crippen LogP contribution in [0.5, 0.6) is 0 Å². The fourth-order valence-electron chi connectivity index (χ4n) is 4.49. The zero-order chi connectivity index (χ0) is 23.5. The van der Waals surface area contributed by atoms with Crippen molar-refractivity contribution in [1.29, 1.82) is 0 Å². The van der Waals surface area contributed by atoms with E-state index in [-0.39, 0.29) is 6.10 Å². The maximum absolute atomic E-state index is 5.71. The van der Waals surface area contributed by atoms with E-state index in [1.807, 2.05) is 18.2 Å². The van der Waals surface area contributed by atoms with Crippen LogP contribution in [0.25, 0.3) is 0 Å². The number of aromatic nitrogens is 1. The Morgan fingerprint density at radius 1 is 1.12 bits per heavy atom. The number of hydrogen-bond acceptors (Lipinski definition) is 6. The number of amidine groups is 1. The molecule has 0 amide bonds. The summed E-state index contributed by atoms with van der Waals surface area (Å²) in [6.45, 7) is 6.26. The number of likely N-dealkylation sites (tertiary alicyclic amines) is 1. The van der Waals surface area contributed by atoms with Crippen molar-refractivity contribution in [2.24, 2.45) is 10.1 Å².